The third-order valence-electron chi connectivity index (χ3n) is 1.53. The van der Waals surface area contributed by atoms with Gasteiger partial charge in [-0.1, -0.05) is 12.2 Å². The number of rotatable bonds is 2. The standard InChI is InChI=1S/C6H10ClOP/c7-3-6-9(8)4-1-2-5-9/h1-2H,3-6H2. The van der Waals surface area contributed by atoms with Crippen molar-refractivity contribution in [1.82, 2.24) is 0 Å². The average Bonchev–Trinajstić information content (AvgIpc) is 2.16. The molecule has 0 N–H and O–H groups in total. The summed E-state index contributed by atoms with van der Waals surface area (Å²) in [6.07, 6.45) is 6.25. The summed E-state index contributed by atoms with van der Waals surface area (Å²) in [4.78, 5) is 0. The predicted octanol–water partition coefficient (Wildman–Crippen LogP) is 2.16. The van der Waals surface area contributed by atoms with Gasteiger partial charge < -0.3 is 4.57 Å². The highest BCUT2D eigenvalue weighted by molar-refractivity contribution is 7.64. The van der Waals surface area contributed by atoms with Gasteiger partial charge in [0.1, 0.15) is 0 Å². The molecule has 0 aliphatic carbocycles. The molecular weight excluding hydrogens is 154 g/mol. The molecule has 0 amide bonds. The van der Waals surface area contributed by atoms with Gasteiger partial charge in [0, 0.05) is 24.4 Å². The van der Waals surface area contributed by atoms with Crippen molar-refractivity contribution in [1.29, 1.82) is 0 Å². The van der Waals surface area contributed by atoms with E-state index in [0.717, 1.165) is 12.3 Å². The van der Waals surface area contributed by atoms with Crippen LogP contribution in [0.5, 0.6) is 0 Å². The molecule has 0 atom stereocenters. The van der Waals surface area contributed by atoms with E-state index in [1.807, 2.05) is 12.2 Å². The van der Waals surface area contributed by atoms with Gasteiger partial charge >= 0.3 is 0 Å². The Kier molecular flexibility index (Phi) is 2.37. The number of hydrogen-bond acceptors (Lipinski definition) is 1. The first-order chi connectivity index (χ1) is 4.27. The lowest BCUT2D eigenvalue weighted by molar-refractivity contribution is 0.580. The monoisotopic (exact) mass is 164 g/mol. The summed E-state index contributed by atoms with van der Waals surface area (Å²) in [5.74, 6) is 0.541. The van der Waals surface area contributed by atoms with Crippen molar-refractivity contribution in [3.05, 3.63) is 12.2 Å². The lowest BCUT2D eigenvalue weighted by Crippen LogP contribution is -1.92. The van der Waals surface area contributed by atoms with E-state index >= 15 is 0 Å². The SMILES string of the molecule is O=P1(CCCl)CC=CC1. The second-order valence-corrected chi connectivity index (χ2v) is 5.98. The predicted molar refractivity (Wildman–Crippen MR) is 42.1 cm³/mol. The molecule has 1 rings (SSSR count). The van der Waals surface area contributed by atoms with Crippen LogP contribution in [0.25, 0.3) is 0 Å². The molecule has 1 aliphatic heterocycles. The Labute approximate surface area is 60.5 Å². The van der Waals surface area contributed by atoms with Crippen LogP contribution in [-0.2, 0) is 4.57 Å². The molecule has 1 heterocycles. The Morgan fingerprint density at radius 1 is 1.44 bits per heavy atom. The summed E-state index contributed by atoms with van der Waals surface area (Å²) in [7, 11) is -1.81. The van der Waals surface area contributed by atoms with E-state index in [2.05, 4.69) is 0 Å². The summed E-state index contributed by atoms with van der Waals surface area (Å²) in [5, 5.41) is 0. The van der Waals surface area contributed by atoms with E-state index < -0.39 is 7.14 Å². The van der Waals surface area contributed by atoms with E-state index in [-0.39, 0.29) is 0 Å². The maximum atomic E-state index is 11.5. The minimum atomic E-state index is -1.81. The molecule has 0 radical (unpaired) electrons. The maximum absolute atomic E-state index is 11.5. The molecule has 0 bridgehead atoms. The molecule has 3 heteroatoms. The highest BCUT2D eigenvalue weighted by Crippen LogP contribution is 2.48. The van der Waals surface area contributed by atoms with Gasteiger partial charge in [0.25, 0.3) is 0 Å². The Bertz CT molecular complexity index is 152. The summed E-state index contributed by atoms with van der Waals surface area (Å²) in [5.41, 5.74) is 0. The van der Waals surface area contributed by atoms with Crippen molar-refractivity contribution in [3.63, 3.8) is 0 Å². The van der Waals surface area contributed by atoms with Crippen LogP contribution in [0.15, 0.2) is 12.2 Å². The Hall–Kier alpha value is 0.260. The van der Waals surface area contributed by atoms with Gasteiger partial charge in [-0.15, -0.1) is 11.6 Å². The first-order valence-corrected chi connectivity index (χ1v) is 5.85. The van der Waals surface area contributed by atoms with Crippen molar-refractivity contribution in [2.24, 2.45) is 0 Å². The molecule has 0 unspecified atom stereocenters. The first kappa shape index (κ1) is 7.37. The fourth-order valence-corrected chi connectivity index (χ4v) is 3.76. The molecule has 9 heavy (non-hydrogen) atoms. The van der Waals surface area contributed by atoms with Crippen molar-refractivity contribution in [3.8, 4) is 0 Å². The summed E-state index contributed by atoms with van der Waals surface area (Å²) in [6.45, 7) is 0. The highest BCUT2D eigenvalue weighted by Gasteiger charge is 2.21. The quantitative estimate of drug-likeness (QED) is 0.347. The number of hydrogen-bond donors (Lipinski definition) is 0. The molecular formula is C6H10ClOP. The molecule has 0 saturated heterocycles. The Balaban J connectivity index is 2.46. The number of allylic oxidation sites excluding steroid dienone is 2. The van der Waals surface area contributed by atoms with Gasteiger partial charge in [-0.3, -0.25) is 0 Å². The summed E-state index contributed by atoms with van der Waals surface area (Å²) in [6, 6.07) is 0. The van der Waals surface area contributed by atoms with Gasteiger partial charge in [-0.05, 0) is 0 Å². The fourth-order valence-electron chi connectivity index (χ4n) is 0.944. The zero-order valence-corrected chi connectivity index (χ0v) is 6.87. The molecule has 0 saturated carbocycles. The molecule has 0 fully saturated rings. The average molecular weight is 165 g/mol. The van der Waals surface area contributed by atoms with E-state index in [4.69, 9.17) is 11.6 Å². The van der Waals surface area contributed by atoms with Crippen LogP contribution in [0.2, 0.25) is 0 Å². The van der Waals surface area contributed by atoms with Gasteiger partial charge in [0.05, 0.1) is 7.14 Å². The van der Waals surface area contributed by atoms with Crippen LogP contribution < -0.4 is 0 Å². The minimum absolute atomic E-state index is 0.541. The zero-order valence-electron chi connectivity index (χ0n) is 5.22. The topological polar surface area (TPSA) is 17.1 Å². The highest BCUT2D eigenvalue weighted by atomic mass is 35.5. The summed E-state index contributed by atoms with van der Waals surface area (Å²) >= 11 is 5.47. The smallest absolute Gasteiger partial charge is 0.0960 e. The lowest BCUT2D eigenvalue weighted by atomic mass is 10.6. The number of halogens is 1. The van der Waals surface area contributed by atoms with Crippen LogP contribution >= 0.6 is 18.7 Å². The maximum Gasteiger partial charge on any atom is 0.0960 e. The number of alkyl halides is 1. The normalized spacial score (nSPS) is 22.8. The van der Waals surface area contributed by atoms with Crippen molar-refractivity contribution in [2.45, 2.75) is 0 Å². The van der Waals surface area contributed by atoms with Gasteiger partial charge in [0.2, 0.25) is 0 Å². The fraction of sp³-hybridized carbons (Fsp3) is 0.667. The molecule has 1 aliphatic rings. The van der Waals surface area contributed by atoms with Crippen LogP contribution in [0.1, 0.15) is 0 Å². The van der Waals surface area contributed by atoms with E-state index in [1.165, 1.54) is 0 Å². The molecule has 0 aromatic carbocycles. The Morgan fingerprint density at radius 2 is 2.00 bits per heavy atom. The van der Waals surface area contributed by atoms with Crippen molar-refractivity contribution < 1.29 is 4.57 Å². The van der Waals surface area contributed by atoms with Crippen molar-refractivity contribution in [2.75, 3.05) is 24.4 Å². The molecule has 0 aromatic rings. The largest absolute Gasteiger partial charge is 0.323 e. The van der Waals surface area contributed by atoms with E-state index in [1.54, 1.807) is 0 Å². The second-order valence-electron chi connectivity index (χ2n) is 2.31. The molecule has 1 nitrogen and oxygen atoms in total. The summed E-state index contributed by atoms with van der Waals surface area (Å²) < 4.78 is 11.5. The van der Waals surface area contributed by atoms with Gasteiger partial charge in [-0.25, -0.2) is 0 Å². The van der Waals surface area contributed by atoms with Crippen LogP contribution in [0, 0.1) is 0 Å². The van der Waals surface area contributed by atoms with Crippen molar-refractivity contribution >= 4 is 18.7 Å². The molecule has 0 spiro atoms. The van der Waals surface area contributed by atoms with Gasteiger partial charge in [-0.2, -0.15) is 0 Å². The third kappa shape index (κ3) is 1.84. The molecule has 0 aromatic heterocycles. The van der Waals surface area contributed by atoms with Crippen LogP contribution in [0.3, 0.4) is 0 Å². The van der Waals surface area contributed by atoms with Crippen LogP contribution in [-0.4, -0.2) is 24.4 Å². The zero-order chi connectivity index (χ0) is 6.74. The van der Waals surface area contributed by atoms with Crippen LogP contribution in [0.4, 0.5) is 0 Å². The Morgan fingerprint density at radius 3 is 2.44 bits per heavy atom. The first-order valence-electron chi connectivity index (χ1n) is 3.05. The second kappa shape index (κ2) is 2.90. The van der Waals surface area contributed by atoms with E-state index in [0.29, 0.717) is 12.0 Å². The molecule has 52 valence electrons. The third-order valence-corrected chi connectivity index (χ3v) is 4.78. The van der Waals surface area contributed by atoms with E-state index in [9.17, 15) is 4.57 Å². The minimum Gasteiger partial charge on any atom is -0.323 e. The van der Waals surface area contributed by atoms with Gasteiger partial charge in [0.15, 0.2) is 0 Å². The lowest BCUT2D eigenvalue weighted by Gasteiger charge is -2.06.